The van der Waals surface area contributed by atoms with Gasteiger partial charge in [0.05, 0.1) is 0 Å². The van der Waals surface area contributed by atoms with Gasteiger partial charge in [0.15, 0.2) is 0 Å². The molecule has 1 aliphatic heterocycles. The number of rotatable bonds is 1. The molecule has 0 saturated carbocycles. The van der Waals surface area contributed by atoms with E-state index >= 15 is 0 Å². The summed E-state index contributed by atoms with van der Waals surface area (Å²) >= 11 is 3.47. The van der Waals surface area contributed by atoms with E-state index in [0.717, 1.165) is 31.8 Å². The molecule has 0 saturated heterocycles. The number of nitrogens with zero attached hydrogens (tertiary/aromatic N) is 1. The lowest BCUT2D eigenvalue weighted by atomic mass is 9.94. The molecule has 0 amide bonds. The SMILES string of the molecule is [O-]N1CC=C(c2ccccc2)c2ccc(Br)cc2C1. The molecule has 2 aromatic carbocycles. The van der Waals surface area contributed by atoms with Crippen molar-refractivity contribution in [2.45, 2.75) is 6.54 Å². The van der Waals surface area contributed by atoms with Gasteiger partial charge in [-0.2, -0.15) is 0 Å². The fourth-order valence-electron chi connectivity index (χ4n) is 2.40. The number of benzene rings is 2. The van der Waals surface area contributed by atoms with Crippen LogP contribution in [0.4, 0.5) is 0 Å². The molecule has 1 heterocycles. The van der Waals surface area contributed by atoms with Crippen molar-refractivity contribution >= 4 is 21.5 Å². The summed E-state index contributed by atoms with van der Waals surface area (Å²) in [6.07, 6.45) is 2.02. The highest BCUT2D eigenvalue weighted by atomic mass is 79.9. The molecule has 0 aliphatic carbocycles. The lowest BCUT2D eigenvalue weighted by molar-refractivity contribution is 0.414. The predicted molar refractivity (Wildman–Crippen MR) is 81.4 cm³/mol. The minimum atomic E-state index is 0.427. The first-order valence-electron chi connectivity index (χ1n) is 6.20. The topological polar surface area (TPSA) is 26.3 Å². The molecule has 0 N–H and O–H groups in total. The Labute approximate surface area is 121 Å². The van der Waals surface area contributed by atoms with Crippen LogP contribution in [0.15, 0.2) is 59.1 Å². The van der Waals surface area contributed by atoms with E-state index < -0.39 is 0 Å². The van der Waals surface area contributed by atoms with Crippen LogP contribution in [-0.4, -0.2) is 11.6 Å². The van der Waals surface area contributed by atoms with Crippen molar-refractivity contribution in [1.82, 2.24) is 5.06 Å². The Morgan fingerprint density at radius 2 is 1.84 bits per heavy atom. The molecule has 19 heavy (non-hydrogen) atoms. The number of hydroxylamine groups is 2. The number of hydrogen-bond donors (Lipinski definition) is 0. The Morgan fingerprint density at radius 1 is 1.05 bits per heavy atom. The lowest BCUT2D eigenvalue weighted by Gasteiger charge is -2.25. The van der Waals surface area contributed by atoms with Crippen LogP contribution in [0.3, 0.4) is 0 Å². The molecule has 2 aromatic rings. The molecule has 0 unspecified atom stereocenters. The highest BCUT2D eigenvalue weighted by molar-refractivity contribution is 9.10. The van der Waals surface area contributed by atoms with Crippen LogP contribution < -0.4 is 0 Å². The maximum Gasteiger partial charge on any atom is 0.0178 e. The molecule has 0 radical (unpaired) electrons. The quantitative estimate of drug-likeness (QED) is 0.788. The molecule has 0 aromatic heterocycles. The third-order valence-electron chi connectivity index (χ3n) is 3.29. The van der Waals surface area contributed by atoms with E-state index in [0.29, 0.717) is 13.1 Å². The Balaban J connectivity index is 2.15. The first kappa shape index (κ1) is 12.6. The summed E-state index contributed by atoms with van der Waals surface area (Å²) in [5.74, 6) is 0. The van der Waals surface area contributed by atoms with Crippen molar-refractivity contribution in [2.24, 2.45) is 0 Å². The smallest absolute Gasteiger partial charge is 0.0178 e. The summed E-state index contributed by atoms with van der Waals surface area (Å²) in [6, 6.07) is 16.3. The zero-order valence-electron chi connectivity index (χ0n) is 10.3. The van der Waals surface area contributed by atoms with Crippen LogP contribution in [0, 0.1) is 5.21 Å². The van der Waals surface area contributed by atoms with Gasteiger partial charge in [0.25, 0.3) is 0 Å². The third kappa shape index (κ3) is 2.63. The van der Waals surface area contributed by atoms with Crippen LogP contribution in [-0.2, 0) is 6.54 Å². The van der Waals surface area contributed by atoms with Gasteiger partial charge >= 0.3 is 0 Å². The average molecular weight is 315 g/mol. The highest BCUT2D eigenvalue weighted by Gasteiger charge is 2.13. The van der Waals surface area contributed by atoms with Crippen molar-refractivity contribution in [3.05, 3.63) is 81.0 Å². The number of halogens is 1. The van der Waals surface area contributed by atoms with Crippen molar-refractivity contribution in [1.29, 1.82) is 0 Å². The maximum absolute atomic E-state index is 11.8. The molecular formula is C16H13BrNO-. The average Bonchev–Trinajstić information content (AvgIpc) is 2.57. The van der Waals surface area contributed by atoms with Gasteiger partial charge in [0.2, 0.25) is 0 Å². The summed E-state index contributed by atoms with van der Waals surface area (Å²) in [7, 11) is 0. The van der Waals surface area contributed by atoms with Gasteiger partial charge in [-0.25, -0.2) is 0 Å². The summed E-state index contributed by atoms with van der Waals surface area (Å²) in [6.45, 7) is 0.859. The van der Waals surface area contributed by atoms with Gasteiger partial charge < -0.3 is 10.3 Å². The largest absolute Gasteiger partial charge is 0.785 e. The lowest BCUT2D eigenvalue weighted by Crippen LogP contribution is -2.14. The molecule has 3 rings (SSSR count). The second-order valence-electron chi connectivity index (χ2n) is 4.61. The van der Waals surface area contributed by atoms with E-state index in [1.54, 1.807) is 0 Å². The van der Waals surface area contributed by atoms with Crippen molar-refractivity contribution < 1.29 is 0 Å². The fraction of sp³-hybridized carbons (Fsp3) is 0.125. The Bertz CT molecular complexity index is 622. The summed E-state index contributed by atoms with van der Waals surface area (Å²) in [5.41, 5.74) is 4.51. The predicted octanol–water partition coefficient (Wildman–Crippen LogP) is 4.19. The van der Waals surface area contributed by atoms with E-state index in [9.17, 15) is 5.21 Å². The minimum Gasteiger partial charge on any atom is -0.785 e. The maximum atomic E-state index is 11.8. The van der Waals surface area contributed by atoms with Gasteiger partial charge in [-0.1, -0.05) is 58.4 Å². The molecule has 0 atom stereocenters. The Kier molecular flexibility index (Phi) is 3.51. The van der Waals surface area contributed by atoms with Crippen LogP contribution >= 0.6 is 15.9 Å². The van der Waals surface area contributed by atoms with Gasteiger partial charge in [0.1, 0.15) is 0 Å². The summed E-state index contributed by atoms with van der Waals surface area (Å²) < 4.78 is 1.01. The number of hydrogen-bond acceptors (Lipinski definition) is 2. The van der Waals surface area contributed by atoms with E-state index in [-0.39, 0.29) is 0 Å². The molecule has 2 nitrogen and oxygen atoms in total. The van der Waals surface area contributed by atoms with Crippen LogP contribution in [0.5, 0.6) is 0 Å². The molecule has 0 bridgehead atoms. The molecule has 0 fully saturated rings. The van der Waals surface area contributed by atoms with E-state index in [1.165, 1.54) is 0 Å². The van der Waals surface area contributed by atoms with Gasteiger partial charge in [0, 0.05) is 17.6 Å². The van der Waals surface area contributed by atoms with Crippen LogP contribution in [0.1, 0.15) is 16.7 Å². The monoisotopic (exact) mass is 314 g/mol. The van der Waals surface area contributed by atoms with E-state index in [4.69, 9.17) is 0 Å². The summed E-state index contributed by atoms with van der Waals surface area (Å²) in [5, 5.41) is 12.9. The molecule has 0 spiro atoms. The third-order valence-corrected chi connectivity index (χ3v) is 3.78. The number of fused-ring (bicyclic) bond motifs is 1. The molecule has 96 valence electrons. The second kappa shape index (κ2) is 5.29. The second-order valence-corrected chi connectivity index (χ2v) is 5.52. The normalized spacial score (nSPS) is 15.6. The van der Waals surface area contributed by atoms with E-state index in [1.807, 2.05) is 36.4 Å². The zero-order chi connectivity index (χ0) is 13.2. The minimum absolute atomic E-state index is 0.427. The Morgan fingerprint density at radius 3 is 2.63 bits per heavy atom. The highest BCUT2D eigenvalue weighted by Crippen LogP contribution is 2.31. The van der Waals surface area contributed by atoms with Gasteiger partial charge in [-0.3, -0.25) is 0 Å². The van der Waals surface area contributed by atoms with Crippen molar-refractivity contribution in [2.75, 3.05) is 6.54 Å². The Hall–Kier alpha value is -1.42. The first-order valence-corrected chi connectivity index (χ1v) is 7.00. The molecule has 3 heteroatoms. The van der Waals surface area contributed by atoms with Crippen LogP contribution in [0.25, 0.3) is 5.57 Å². The zero-order valence-corrected chi connectivity index (χ0v) is 11.9. The standard InChI is InChI=1S/C16H13BrNO/c17-14-6-7-15-13(10-14)11-18(19)9-8-16(15)12-4-2-1-3-5-12/h1-8,10H,9,11H2/q-1. The fourth-order valence-corrected chi connectivity index (χ4v) is 2.81. The molecular weight excluding hydrogens is 302 g/mol. The summed E-state index contributed by atoms with van der Waals surface area (Å²) in [4.78, 5) is 0. The first-order chi connectivity index (χ1) is 9.24. The van der Waals surface area contributed by atoms with Gasteiger partial charge in [-0.05, 0) is 34.4 Å². The van der Waals surface area contributed by atoms with Crippen molar-refractivity contribution in [3.63, 3.8) is 0 Å². The molecule has 1 aliphatic rings. The van der Waals surface area contributed by atoms with Crippen molar-refractivity contribution in [3.8, 4) is 0 Å². The van der Waals surface area contributed by atoms with Gasteiger partial charge in [-0.15, -0.1) is 0 Å². The van der Waals surface area contributed by atoms with Crippen LogP contribution in [0.2, 0.25) is 0 Å². The van der Waals surface area contributed by atoms with E-state index in [2.05, 4.69) is 34.1 Å².